The molecule has 1 saturated carbocycles. The Morgan fingerprint density at radius 3 is 2.85 bits per heavy atom. The molecule has 1 amide bonds. The Labute approximate surface area is 120 Å². The summed E-state index contributed by atoms with van der Waals surface area (Å²) in [4.78, 5) is 12.8. The van der Waals surface area contributed by atoms with Crippen molar-refractivity contribution in [3.63, 3.8) is 0 Å². The van der Waals surface area contributed by atoms with E-state index < -0.39 is 5.54 Å². The van der Waals surface area contributed by atoms with E-state index >= 15 is 0 Å². The second kappa shape index (κ2) is 5.56. The minimum absolute atomic E-state index is 0.135. The number of piperidine rings is 1. The summed E-state index contributed by atoms with van der Waals surface area (Å²) in [6.45, 7) is 3.85. The van der Waals surface area contributed by atoms with Gasteiger partial charge in [-0.2, -0.15) is 5.10 Å². The lowest BCUT2D eigenvalue weighted by Crippen LogP contribution is -2.56. The van der Waals surface area contributed by atoms with E-state index in [2.05, 4.69) is 22.7 Å². The molecule has 2 fully saturated rings. The van der Waals surface area contributed by atoms with Gasteiger partial charge in [0, 0.05) is 18.4 Å². The highest BCUT2D eigenvalue weighted by molar-refractivity contribution is 5.84. The zero-order chi connectivity index (χ0) is 14.0. The number of hydrogen-bond donors (Lipinski definition) is 2. The molecule has 110 valence electrons. The van der Waals surface area contributed by atoms with Gasteiger partial charge in [-0.25, -0.2) is 0 Å². The molecule has 5 heteroatoms. The molecular formula is C15H24N4O. The molecule has 2 heterocycles. The van der Waals surface area contributed by atoms with E-state index in [0.29, 0.717) is 0 Å². The van der Waals surface area contributed by atoms with Crippen molar-refractivity contribution in [2.75, 3.05) is 13.1 Å². The third kappa shape index (κ3) is 2.73. The molecule has 1 atom stereocenters. The van der Waals surface area contributed by atoms with Crippen LogP contribution in [0.3, 0.4) is 0 Å². The average Bonchev–Trinajstić information content (AvgIpc) is 3.08. The van der Waals surface area contributed by atoms with Crippen LogP contribution >= 0.6 is 0 Å². The van der Waals surface area contributed by atoms with Gasteiger partial charge in [-0.05, 0) is 51.3 Å². The van der Waals surface area contributed by atoms with Crippen LogP contribution in [0.2, 0.25) is 0 Å². The Kier molecular flexibility index (Phi) is 3.78. The van der Waals surface area contributed by atoms with Gasteiger partial charge in [0.15, 0.2) is 0 Å². The summed E-state index contributed by atoms with van der Waals surface area (Å²) in [5.74, 6) is 0.967. The van der Waals surface area contributed by atoms with Crippen molar-refractivity contribution in [3.05, 3.63) is 18.5 Å². The van der Waals surface area contributed by atoms with E-state index in [-0.39, 0.29) is 11.9 Å². The lowest BCUT2D eigenvalue weighted by atomic mass is 9.87. The van der Waals surface area contributed by atoms with Gasteiger partial charge in [0.2, 0.25) is 5.91 Å². The summed E-state index contributed by atoms with van der Waals surface area (Å²) in [6, 6.07) is 2.15. The molecule has 3 rings (SSSR count). The minimum atomic E-state index is -0.507. The number of carbonyl (C=O) groups is 1. The summed E-state index contributed by atoms with van der Waals surface area (Å²) in [5, 5.41) is 10.9. The second-order valence-electron chi connectivity index (χ2n) is 6.29. The van der Waals surface area contributed by atoms with Crippen molar-refractivity contribution in [1.82, 2.24) is 20.4 Å². The lowest BCUT2D eigenvalue weighted by Gasteiger charge is -2.37. The van der Waals surface area contributed by atoms with Crippen molar-refractivity contribution in [3.8, 4) is 0 Å². The molecule has 1 aromatic rings. The third-order valence-corrected chi connectivity index (χ3v) is 4.56. The molecule has 2 N–H and O–H groups in total. The summed E-state index contributed by atoms with van der Waals surface area (Å²) >= 11 is 0. The average molecular weight is 276 g/mol. The summed E-state index contributed by atoms with van der Waals surface area (Å²) in [7, 11) is 0. The summed E-state index contributed by atoms with van der Waals surface area (Å²) < 4.78 is 1.85. The normalized spacial score (nSPS) is 23.2. The number of nitrogens with zero attached hydrogens (tertiary/aromatic N) is 2. The van der Waals surface area contributed by atoms with E-state index in [1.165, 1.54) is 12.8 Å². The first-order valence-electron chi connectivity index (χ1n) is 7.72. The highest BCUT2D eigenvalue weighted by Gasteiger charge is 2.42. The van der Waals surface area contributed by atoms with Crippen LogP contribution in [0, 0.1) is 5.92 Å². The van der Waals surface area contributed by atoms with Crippen LogP contribution in [0.5, 0.6) is 0 Å². The van der Waals surface area contributed by atoms with E-state index in [0.717, 1.165) is 38.3 Å². The van der Waals surface area contributed by atoms with Gasteiger partial charge in [0.1, 0.15) is 5.54 Å². The molecule has 1 saturated heterocycles. The van der Waals surface area contributed by atoms with Crippen molar-refractivity contribution < 1.29 is 4.79 Å². The number of hydrogen-bond acceptors (Lipinski definition) is 3. The third-order valence-electron chi connectivity index (χ3n) is 4.56. The van der Waals surface area contributed by atoms with Crippen molar-refractivity contribution in [2.45, 2.75) is 50.6 Å². The quantitative estimate of drug-likeness (QED) is 0.851. The maximum atomic E-state index is 12.8. The number of nitrogens with one attached hydrogen (secondary N) is 2. The molecule has 1 unspecified atom stereocenters. The summed E-state index contributed by atoms with van der Waals surface area (Å²) in [6.07, 6.45) is 9.04. The Bertz CT molecular complexity index is 446. The van der Waals surface area contributed by atoms with Gasteiger partial charge in [-0.15, -0.1) is 0 Å². The van der Waals surface area contributed by atoms with Gasteiger partial charge in [0.25, 0.3) is 0 Å². The zero-order valence-electron chi connectivity index (χ0n) is 12.1. The molecule has 1 aliphatic heterocycles. The number of aromatic nitrogens is 2. The maximum Gasteiger partial charge on any atom is 0.248 e. The standard InChI is InChI=1S/C15H24N4O/c1-12(11-13-3-4-13)18-14(20)15(5-8-16-9-6-15)19-10-2-7-17-19/h2,7,10,12-13,16H,3-6,8-9,11H2,1H3,(H,18,20). The molecule has 0 radical (unpaired) electrons. The zero-order valence-corrected chi connectivity index (χ0v) is 12.1. The molecular weight excluding hydrogens is 252 g/mol. The minimum Gasteiger partial charge on any atom is -0.352 e. The first-order chi connectivity index (χ1) is 9.71. The monoisotopic (exact) mass is 276 g/mol. The highest BCUT2D eigenvalue weighted by Crippen LogP contribution is 2.34. The Morgan fingerprint density at radius 2 is 2.25 bits per heavy atom. The molecule has 0 bridgehead atoms. The Hall–Kier alpha value is -1.36. The van der Waals surface area contributed by atoms with E-state index in [9.17, 15) is 4.79 Å². The van der Waals surface area contributed by atoms with Crippen LogP contribution in [0.4, 0.5) is 0 Å². The van der Waals surface area contributed by atoms with E-state index in [4.69, 9.17) is 0 Å². The fraction of sp³-hybridized carbons (Fsp3) is 0.733. The molecule has 1 aromatic heterocycles. The molecule has 5 nitrogen and oxygen atoms in total. The first-order valence-corrected chi connectivity index (χ1v) is 7.72. The number of rotatable bonds is 5. The van der Waals surface area contributed by atoms with Gasteiger partial charge < -0.3 is 10.6 Å². The Morgan fingerprint density at radius 1 is 1.50 bits per heavy atom. The predicted octanol–water partition coefficient (Wildman–Crippen LogP) is 1.27. The smallest absolute Gasteiger partial charge is 0.248 e. The van der Waals surface area contributed by atoms with Crippen molar-refractivity contribution in [1.29, 1.82) is 0 Å². The van der Waals surface area contributed by atoms with Crippen LogP contribution in [0.1, 0.15) is 39.0 Å². The van der Waals surface area contributed by atoms with Gasteiger partial charge in [0.05, 0.1) is 0 Å². The molecule has 20 heavy (non-hydrogen) atoms. The van der Waals surface area contributed by atoms with E-state index in [1.807, 2.05) is 16.9 Å². The predicted molar refractivity (Wildman–Crippen MR) is 77.3 cm³/mol. The SMILES string of the molecule is CC(CC1CC1)NC(=O)C1(n2cccn2)CCNCC1. The van der Waals surface area contributed by atoms with Gasteiger partial charge in [-0.1, -0.05) is 12.8 Å². The first kappa shape index (κ1) is 13.6. The molecule has 1 aliphatic carbocycles. The van der Waals surface area contributed by atoms with Crippen LogP contribution in [-0.2, 0) is 10.3 Å². The maximum absolute atomic E-state index is 12.8. The van der Waals surface area contributed by atoms with Crippen LogP contribution in [0.25, 0.3) is 0 Å². The van der Waals surface area contributed by atoms with Gasteiger partial charge >= 0.3 is 0 Å². The fourth-order valence-corrected chi connectivity index (χ4v) is 3.19. The lowest BCUT2D eigenvalue weighted by molar-refractivity contribution is -0.132. The van der Waals surface area contributed by atoms with Crippen LogP contribution in [0.15, 0.2) is 18.5 Å². The topological polar surface area (TPSA) is 59.0 Å². The van der Waals surface area contributed by atoms with Gasteiger partial charge in [-0.3, -0.25) is 9.48 Å². The Balaban J connectivity index is 1.72. The van der Waals surface area contributed by atoms with Crippen LogP contribution < -0.4 is 10.6 Å². The molecule has 0 spiro atoms. The molecule has 0 aromatic carbocycles. The molecule has 2 aliphatic rings. The van der Waals surface area contributed by atoms with Crippen LogP contribution in [-0.4, -0.2) is 34.8 Å². The number of carbonyl (C=O) groups excluding carboxylic acids is 1. The fourth-order valence-electron chi connectivity index (χ4n) is 3.19. The number of amides is 1. The highest BCUT2D eigenvalue weighted by atomic mass is 16.2. The van der Waals surface area contributed by atoms with Crippen molar-refractivity contribution in [2.24, 2.45) is 5.92 Å². The largest absolute Gasteiger partial charge is 0.352 e. The van der Waals surface area contributed by atoms with E-state index in [1.54, 1.807) is 6.20 Å². The second-order valence-corrected chi connectivity index (χ2v) is 6.29. The van der Waals surface area contributed by atoms with Crippen molar-refractivity contribution >= 4 is 5.91 Å². The summed E-state index contributed by atoms with van der Waals surface area (Å²) in [5.41, 5.74) is -0.507.